The maximum absolute atomic E-state index is 12.5. The van der Waals surface area contributed by atoms with E-state index in [9.17, 15) is 9.90 Å². The van der Waals surface area contributed by atoms with Crippen LogP contribution in [0, 0.1) is 0 Å². The number of carbonyl (C=O) groups is 1. The molecule has 2 aromatic rings. The highest BCUT2D eigenvalue weighted by atomic mass is 35.5. The number of amides is 1. The minimum Gasteiger partial charge on any atom is -0.388 e. The van der Waals surface area contributed by atoms with Gasteiger partial charge in [-0.05, 0) is 37.0 Å². The number of aliphatic hydroxyl groups is 1. The van der Waals surface area contributed by atoms with E-state index in [-0.39, 0.29) is 24.4 Å². The van der Waals surface area contributed by atoms with Gasteiger partial charge in [0.2, 0.25) is 5.91 Å². The van der Waals surface area contributed by atoms with Crippen molar-refractivity contribution in [2.45, 2.75) is 31.4 Å². The molecule has 0 aliphatic carbocycles. The summed E-state index contributed by atoms with van der Waals surface area (Å²) in [6.07, 6.45) is 2.04. The summed E-state index contributed by atoms with van der Waals surface area (Å²) < 4.78 is 0. The molecule has 1 aliphatic heterocycles. The van der Waals surface area contributed by atoms with Gasteiger partial charge >= 0.3 is 0 Å². The number of rotatable bonds is 6. The number of hydrogen-bond donors (Lipinski definition) is 2. The summed E-state index contributed by atoms with van der Waals surface area (Å²) in [5.74, 6) is 0.0987. The maximum Gasteiger partial charge on any atom is 0.242 e. The average molecular weight is 361 g/mol. The van der Waals surface area contributed by atoms with Crippen LogP contribution in [0.15, 0.2) is 60.7 Å². The van der Waals surface area contributed by atoms with Crippen LogP contribution in [0.3, 0.4) is 0 Å². The summed E-state index contributed by atoms with van der Waals surface area (Å²) >= 11 is 0. The summed E-state index contributed by atoms with van der Waals surface area (Å²) in [5.41, 5.74) is 1.87. The molecule has 0 spiro atoms. The number of benzene rings is 2. The molecule has 2 atom stereocenters. The van der Waals surface area contributed by atoms with E-state index >= 15 is 0 Å². The fourth-order valence-electron chi connectivity index (χ4n) is 3.31. The van der Waals surface area contributed by atoms with Crippen molar-refractivity contribution < 1.29 is 9.90 Å². The zero-order valence-corrected chi connectivity index (χ0v) is 15.0. The van der Waals surface area contributed by atoms with E-state index < -0.39 is 6.10 Å². The fourth-order valence-corrected chi connectivity index (χ4v) is 3.31. The van der Waals surface area contributed by atoms with Crippen LogP contribution in [0.25, 0.3) is 0 Å². The summed E-state index contributed by atoms with van der Waals surface area (Å²) in [6, 6.07) is 19.5. The second kappa shape index (κ2) is 9.44. The summed E-state index contributed by atoms with van der Waals surface area (Å²) in [7, 11) is 0. The second-order valence-corrected chi connectivity index (χ2v) is 6.26. The number of hydrogen-bond acceptors (Lipinski definition) is 3. The highest BCUT2D eigenvalue weighted by Gasteiger charge is 2.30. The summed E-state index contributed by atoms with van der Waals surface area (Å²) in [4.78, 5) is 14.4. The molecule has 2 aromatic carbocycles. The van der Waals surface area contributed by atoms with Gasteiger partial charge in [0.05, 0.1) is 12.6 Å². The van der Waals surface area contributed by atoms with Crippen molar-refractivity contribution in [1.82, 2.24) is 4.90 Å². The molecule has 4 nitrogen and oxygen atoms in total. The lowest BCUT2D eigenvalue weighted by Crippen LogP contribution is -2.39. The largest absolute Gasteiger partial charge is 0.388 e. The number of nitrogens with one attached hydrogen (secondary N) is 1. The number of para-hydroxylation sites is 1. The van der Waals surface area contributed by atoms with Crippen LogP contribution in [-0.4, -0.2) is 35.0 Å². The third kappa shape index (κ3) is 5.21. The molecule has 1 heterocycles. The van der Waals surface area contributed by atoms with Crippen LogP contribution in [0.5, 0.6) is 0 Å². The first-order valence-corrected chi connectivity index (χ1v) is 8.55. The van der Waals surface area contributed by atoms with Crippen molar-refractivity contribution in [3.63, 3.8) is 0 Å². The normalized spacial score (nSPS) is 17.6. The summed E-state index contributed by atoms with van der Waals surface area (Å²) in [5, 5.41) is 13.6. The van der Waals surface area contributed by atoms with Gasteiger partial charge in [-0.2, -0.15) is 0 Å². The molecule has 1 amide bonds. The lowest BCUT2D eigenvalue weighted by molar-refractivity contribution is -0.130. The monoisotopic (exact) mass is 360 g/mol. The van der Waals surface area contributed by atoms with E-state index in [0.717, 1.165) is 30.6 Å². The van der Waals surface area contributed by atoms with E-state index in [1.807, 2.05) is 65.6 Å². The van der Waals surface area contributed by atoms with Crippen molar-refractivity contribution in [3.05, 3.63) is 66.2 Å². The molecule has 1 saturated heterocycles. The van der Waals surface area contributed by atoms with Crippen molar-refractivity contribution in [3.8, 4) is 0 Å². The standard InChI is InChI=1S/C20H24N2O2.ClH/c23-19(16-8-3-1-4-9-16)14-18-12-7-13-22(18)20(24)15-21-17-10-5-2-6-11-17;/h1-6,8-11,18-19,21,23H,7,12-15H2;1H. The molecule has 5 heteroatoms. The lowest BCUT2D eigenvalue weighted by atomic mass is 10.0. The Morgan fingerprint density at radius 2 is 1.76 bits per heavy atom. The minimum atomic E-state index is -0.522. The minimum absolute atomic E-state index is 0. The molecular formula is C20H25ClN2O2. The van der Waals surface area contributed by atoms with Crippen molar-refractivity contribution in [2.24, 2.45) is 0 Å². The van der Waals surface area contributed by atoms with Crippen LogP contribution < -0.4 is 5.32 Å². The predicted molar refractivity (Wildman–Crippen MR) is 103 cm³/mol. The zero-order chi connectivity index (χ0) is 16.8. The van der Waals surface area contributed by atoms with Crippen LogP contribution in [0.1, 0.15) is 30.9 Å². The molecule has 1 fully saturated rings. The number of carbonyl (C=O) groups excluding carboxylic acids is 1. The number of nitrogens with zero attached hydrogens (tertiary/aromatic N) is 1. The predicted octanol–water partition coefficient (Wildman–Crippen LogP) is 3.64. The van der Waals surface area contributed by atoms with Gasteiger partial charge < -0.3 is 15.3 Å². The first kappa shape index (κ1) is 19.3. The second-order valence-electron chi connectivity index (χ2n) is 6.26. The van der Waals surface area contributed by atoms with E-state index in [4.69, 9.17) is 0 Å². The number of likely N-dealkylation sites (tertiary alicyclic amines) is 1. The first-order valence-electron chi connectivity index (χ1n) is 8.55. The Morgan fingerprint density at radius 1 is 1.12 bits per heavy atom. The molecule has 1 aliphatic rings. The SMILES string of the molecule is Cl.O=C(CNc1ccccc1)N1CCCC1CC(O)c1ccccc1. The Bertz CT molecular complexity index is 651. The molecule has 0 saturated carbocycles. The molecule has 3 rings (SSSR count). The highest BCUT2D eigenvalue weighted by molar-refractivity contribution is 5.85. The Balaban J connectivity index is 0.00000225. The molecule has 2 N–H and O–H groups in total. The number of aliphatic hydroxyl groups excluding tert-OH is 1. The smallest absolute Gasteiger partial charge is 0.242 e. The van der Waals surface area contributed by atoms with E-state index in [1.165, 1.54) is 0 Å². The highest BCUT2D eigenvalue weighted by Crippen LogP contribution is 2.27. The van der Waals surface area contributed by atoms with E-state index in [0.29, 0.717) is 13.0 Å². The van der Waals surface area contributed by atoms with Crippen molar-refractivity contribution in [1.29, 1.82) is 0 Å². The van der Waals surface area contributed by atoms with Gasteiger partial charge in [0.15, 0.2) is 0 Å². The van der Waals surface area contributed by atoms with Gasteiger partial charge in [-0.3, -0.25) is 4.79 Å². The van der Waals surface area contributed by atoms with Gasteiger partial charge in [-0.25, -0.2) is 0 Å². The quantitative estimate of drug-likeness (QED) is 0.827. The van der Waals surface area contributed by atoms with Gasteiger partial charge in [-0.15, -0.1) is 12.4 Å². The third-order valence-electron chi connectivity index (χ3n) is 4.59. The van der Waals surface area contributed by atoms with E-state index in [2.05, 4.69) is 5.32 Å². The molecule has 134 valence electrons. The number of anilines is 1. The molecule has 0 aromatic heterocycles. The lowest BCUT2D eigenvalue weighted by Gasteiger charge is -2.27. The molecular weight excluding hydrogens is 336 g/mol. The summed E-state index contributed by atoms with van der Waals surface area (Å²) in [6.45, 7) is 1.07. The van der Waals surface area contributed by atoms with Crippen LogP contribution in [-0.2, 0) is 4.79 Å². The zero-order valence-electron chi connectivity index (χ0n) is 14.2. The van der Waals surface area contributed by atoms with Gasteiger partial charge in [-0.1, -0.05) is 48.5 Å². The van der Waals surface area contributed by atoms with Crippen molar-refractivity contribution in [2.75, 3.05) is 18.4 Å². The Labute approximate surface area is 155 Å². The first-order chi connectivity index (χ1) is 11.7. The molecule has 25 heavy (non-hydrogen) atoms. The van der Waals surface area contributed by atoms with Gasteiger partial charge in [0, 0.05) is 18.3 Å². The van der Waals surface area contributed by atoms with E-state index in [1.54, 1.807) is 0 Å². The topological polar surface area (TPSA) is 52.6 Å². The van der Waals surface area contributed by atoms with Crippen LogP contribution in [0.4, 0.5) is 5.69 Å². The molecule has 0 bridgehead atoms. The molecule has 2 unspecified atom stereocenters. The Hall–Kier alpha value is -2.04. The molecule has 0 radical (unpaired) electrons. The van der Waals surface area contributed by atoms with Crippen LogP contribution >= 0.6 is 12.4 Å². The Morgan fingerprint density at radius 3 is 2.44 bits per heavy atom. The van der Waals surface area contributed by atoms with Gasteiger partial charge in [0.1, 0.15) is 0 Å². The van der Waals surface area contributed by atoms with Crippen LogP contribution in [0.2, 0.25) is 0 Å². The third-order valence-corrected chi connectivity index (χ3v) is 4.59. The average Bonchev–Trinajstić information content (AvgIpc) is 3.09. The Kier molecular flexibility index (Phi) is 7.29. The van der Waals surface area contributed by atoms with Gasteiger partial charge in [0.25, 0.3) is 0 Å². The maximum atomic E-state index is 12.5. The number of halogens is 1. The fraction of sp³-hybridized carbons (Fsp3) is 0.350. The van der Waals surface area contributed by atoms with Crippen molar-refractivity contribution >= 4 is 24.0 Å².